The van der Waals surface area contributed by atoms with E-state index in [0.717, 1.165) is 17.6 Å². The van der Waals surface area contributed by atoms with Gasteiger partial charge >= 0.3 is 0 Å². The summed E-state index contributed by atoms with van der Waals surface area (Å²) in [5.74, 6) is 2.55. The number of ether oxygens (including phenoxy) is 1. The molecule has 0 spiro atoms. The molecule has 1 aliphatic rings. The SMILES string of the molecule is CCC[C@H]1c2cc(OC)ccc2C[C@@H]1C. The molecule has 0 N–H and O–H groups in total. The maximum absolute atomic E-state index is 5.30. The van der Waals surface area contributed by atoms with Crippen molar-refractivity contribution in [3.63, 3.8) is 0 Å². The van der Waals surface area contributed by atoms with Gasteiger partial charge in [0.2, 0.25) is 0 Å². The van der Waals surface area contributed by atoms with Crippen LogP contribution in [0, 0.1) is 5.92 Å². The molecule has 0 fully saturated rings. The first-order valence-electron chi connectivity index (χ1n) is 5.93. The first-order chi connectivity index (χ1) is 7.26. The molecule has 1 nitrogen and oxygen atoms in total. The van der Waals surface area contributed by atoms with E-state index in [2.05, 4.69) is 32.0 Å². The number of hydrogen-bond acceptors (Lipinski definition) is 1. The summed E-state index contributed by atoms with van der Waals surface area (Å²) in [5, 5.41) is 0. The number of methoxy groups -OCH3 is 1. The molecule has 15 heavy (non-hydrogen) atoms. The highest BCUT2D eigenvalue weighted by atomic mass is 16.5. The van der Waals surface area contributed by atoms with Crippen LogP contribution in [-0.2, 0) is 6.42 Å². The van der Waals surface area contributed by atoms with Crippen molar-refractivity contribution in [2.75, 3.05) is 7.11 Å². The Hall–Kier alpha value is -0.980. The summed E-state index contributed by atoms with van der Waals surface area (Å²) in [6.45, 7) is 4.64. The van der Waals surface area contributed by atoms with Crippen molar-refractivity contribution in [3.8, 4) is 5.75 Å². The Labute approximate surface area is 92.5 Å². The van der Waals surface area contributed by atoms with Crippen LogP contribution < -0.4 is 4.74 Å². The van der Waals surface area contributed by atoms with E-state index in [4.69, 9.17) is 4.74 Å². The highest BCUT2D eigenvalue weighted by molar-refractivity contribution is 5.41. The Morgan fingerprint density at radius 1 is 1.40 bits per heavy atom. The summed E-state index contributed by atoms with van der Waals surface area (Å²) in [5.41, 5.74) is 3.06. The van der Waals surface area contributed by atoms with E-state index >= 15 is 0 Å². The zero-order chi connectivity index (χ0) is 10.8. The van der Waals surface area contributed by atoms with Gasteiger partial charge in [-0.15, -0.1) is 0 Å². The normalized spacial score (nSPS) is 23.9. The van der Waals surface area contributed by atoms with Crippen molar-refractivity contribution in [2.45, 2.75) is 39.0 Å². The maximum atomic E-state index is 5.30. The second kappa shape index (κ2) is 4.26. The van der Waals surface area contributed by atoms with E-state index in [9.17, 15) is 0 Å². The highest BCUT2D eigenvalue weighted by Gasteiger charge is 2.28. The van der Waals surface area contributed by atoms with Crippen LogP contribution in [0.15, 0.2) is 18.2 Å². The van der Waals surface area contributed by atoms with Crippen LogP contribution >= 0.6 is 0 Å². The first kappa shape index (κ1) is 10.5. The third kappa shape index (κ3) is 1.88. The van der Waals surface area contributed by atoms with Gasteiger partial charge in [-0.2, -0.15) is 0 Å². The Kier molecular flexibility index (Phi) is 2.99. The zero-order valence-corrected chi connectivity index (χ0v) is 9.92. The van der Waals surface area contributed by atoms with Crippen molar-refractivity contribution in [1.29, 1.82) is 0 Å². The third-order valence-electron chi connectivity index (χ3n) is 3.58. The van der Waals surface area contributed by atoms with E-state index in [1.54, 1.807) is 7.11 Å². The molecule has 0 radical (unpaired) electrons. The number of rotatable bonds is 3. The van der Waals surface area contributed by atoms with E-state index in [1.807, 2.05) is 0 Å². The van der Waals surface area contributed by atoms with Crippen molar-refractivity contribution in [3.05, 3.63) is 29.3 Å². The molecule has 0 unspecified atom stereocenters. The van der Waals surface area contributed by atoms with E-state index in [-0.39, 0.29) is 0 Å². The molecule has 0 heterocycles. The molecule has 82 valence electrons. The zero-order valence-electron chi connectivity index (χ0n) is 9.92. The molecule has 2 atom stereocenters. The van der Waals surface area contributed by atoms with Crippen LogP contribution in [0.5, 0.6) is 5.75 Å². The number of hydrogen-bond donors (Lipinski definition) is 0. The fraction of sp³-hybridized carbons (Fsp3) is 0.571. The van der Waals surface area contributed by atoms with Crippen molar-refractivity contribution < 1.29 is 4.74 Å². The second-order valence-corrected chi connectivity index (χ2v) is 4.64. The van der Waals surface area contributed by atoms with Crippen LogP contribution in [0.2, 0.25) is 0 Å². The van der Waals surface area contributed by atoms with Gasteiger partial charge in [0.15, 0.2) is 0 Å². The van der Waals surface area contributed by atoms with Gasteiger partial charge in [-0.25, -0.2) is 0 Å². The van der Waals surface area contributed by atoms with Gasteiger partial charge in [0.05, 0.1) is 7.11 Å². The lowest BCUT2D eigenvalue weighted by Crippen LogP contribution is -2.02. The van der Waals surface area contributed by atoms with Gasteiger partial charge in [0.1, 0.15) is 5.75 Å². The fourth-order valence-electron chi connectivity index (χ4n) is 2.78. The van der Waals surface area contributed by atoms with E-state index < -0.39 is 0 Å². The summed E-state index contributed by atoms with van der Waals surface area (Å²) in [6, 6.07) is 6.55. The monoisotopic (exact) mass is 204 g/mol. The molecule has 1 heteroatoms. The second-order valence-electron chi connectivity index (χ2n) is 4.64. The molecule has 0 aliphatic heterocycles. The minimum atomic E-state index is 0.750. The molecule has 1 aromatic rings. The summed E-state index contributed by atoms with van der Waals surface area (Å²) in [7, 11) is 1.74. The number of fused-ring (bicyclic) bond motifs is 1. The van der Waals surface area contributed by atoms with Gasteiger partial charge in [0.25, 0.3) is 0 Å². The Morgan fingerprint density at radius 2 is 2.20 bits per heavy atom. The van der Waals surface area contributed by atoms with Crippen molar-refractivity contribution in [2.24, 2.45) is 5.92 Å². The summed E-state index contributed by atoms with van der Waals surface area (Å²) < 4.78 is 5.30. The van der Waals surface area contributed by atoms with Crippen LogP contribution in [0.1, 0.15) is 43.7 Å². The average molecular weight is 204 g/mol. The Morgan fingerprint density at radius 3 is 2.87 bits per heavy atom. The van der Waals surface area contributed by atoms with Gasteiger partial charge in [0, 0.05) is 0 Å². The molecular weight excluding hydrogens is 184 g/mol. The predicted octanol–water partition coefficient (Wildman–Crippen LogP) is 3.77. The molecule has 0 saturated carbocycles. The van der Waals surface area contributed by atoms with Crippen molar-refractivity contribution in [1.82, 2.24) is 0 Å². The van der Waals surface area contributed by atoms with Crippen molar-refractivity contribution >= 4 is 0 Å². The number of benzene rings is 1. The largest absolute Gasteiger partial charge is 0.497 e. The molecule has 1 aliphatic carbocycles. The van der Waals surface area contributed by atoms with Gasteiger partial charge in [-0.05, 0) is 47.9 Å². The summed E-state index contributed by atoms with van der Waals surface area (Å²) in [6.07, 6.45) is 3.82. The van der Waals surface area contributed by atoms with Crippen LogP contribution in [0.4, 0.5) is 0 Å². The van der Waals surface area contributed by atoms with Crippen LogP contribution in [0.3, 0.4) is 0 Å². The third-order valence-corrected chi connectivity index (χ3v) is 3.58. The molecular formula is C14H20O. The average Bonchev–Trinajstić information content (AvgIpc) is 2.55. The lowest BCUT2D eigenvalue weighted by atomic mass is 9.90. The van der Waals surface area contributed by atoms with E-state index in [1.165, 1.54) is 30.4 Å². The molecule has 2 rings (SSSR count). The Balaban J connectivity index is 2.32. The molecule has 0 saturated heterocycles. The lowest BCUT2D eigenvalue weighted by molar-refractivity contribution is 0.412. The Bertz CT molecular complexity index is 343. The summed E-state index contributed by atoms with van der Waals surface area (Å²) in [4.78, 5) is 0. The molecule has 1 aromatic carbocycles. The smallest absolute Gasteiger partial charge is 0.119 e. The first-order valence-corrected chi connectivity index (χ1v) is 5.93. The summed E-state index contributed by atoms with van der Waals surface area (Å²) >= 11 is 0. The predicted molar refractivity (Wildman–Crippen MR) is 63.5 cm³/mol. The highest BCUT2D eigenvalue weighted by Crippen LogP contribution is 2.41. The maximum Gasteiger partial charge on any atom is 0.119 e. The standard InChI is InChI=1S/C14H20O/c1-4-5-13-10(2)8-11-6-7-12(15-3)9-14(11)13/h6-7,9-10,13H,4-5,8H2,1-3H3/t10-,13+/m0/s1. The lowest BCUT2D eigenvalue weighted by Gasteiger charge is -2.15. The van der Waals surface area contributed by atoms with E-state index in [0.29, 0.717) is 0 Å². The van der Waals surface area contributed by atoms with Gasteiger partial charge in [-0.3, -0.25) is 0 Å². The molecule has 0 aromatic heterocycles. The fourth-order valence-corrected chi connectivity index (χ4v) is 2.78. The van der Waals surface area contributed by atoms with Gasteiger partial charge in [-0.1, -0.05) is 26.3 Å². The minimum absolute atomic E-state index is 0.750. The quantitative estimate of drug-likeness (QED) is 0.728. The minimum Gasteiger partial charge on any atom is -0.497 e. The van der Waals surface area contributed by atoms with Gasteiger partial charge < -0.3 is 4.74 Å². The topological polar surface area (TPSA) is 9.23 Å². The molecule has 0 amide bonds. The molecule has 0 bridgehead atoms. The van der Waals surface area contributed by atoms with Crippen LogP contribution in [0.25, 0.3) is 0 Å². The van der Waals surface area contributed by atoms with Crippen LogP contribution in [-0.4, -0.2) is 7.11 Å².